The predicted molar refractivity (Wildman–Crippen MR) is 76.3 cm³/mol. The van der Waals surface area contributed by atoms with Gasteiger partial charge in [-0.15, -0.1) is 0 Å². The third-order valence-corrected chi connectivity index (χ3v) is 3.88. The lowest BCUT2D eigenvalue weighted by Crippen LogP contribution is -2.25. The number of hydrogen-bond donors (Lipinski definition) is 1. The highest BCUT2D eigenvalue weighted by atomic mass is 15.1. The van der Waals surface area contributed by atoms with E-state index in [1.165, 1.54) is 52.0 Å². The molecule has 1 aliphatic rings. The quantitative estimate of drug-likeness (QED) is 0.656. The van der Waals surface area contributed by atoms with Gasteiger partial charge in [-0.05, 0) is 63.2 Å². The summed E-state index contributed by atoms with van der Waals surface area (Å²) in [4.78, 5) is 2.66. The number of rotatable bonds is 8. The molecule has 1 fully saturated rings. The van der Waals surface area contributed by atoms with Crippen LogP contribution in [0.5, 0.6) is 0 Å². The lowest BCUT2D eigenvalue weighted by molar-refractivity contribution is 0.297. The van der Waals surface area contributed by atoms with Gasteiger partial charge in [0, 0.05) is 6.54 Å². The molecule has 0 aromatic carbocycles. The zero-order valence-corrected chi connectivity index (χ0v) is 12.3. The van der Waals surface area contributed by atoms with Crippen molar-refractivity contribution in [2.24, 2.45) is 17.8 Å². The van der Waals surface area contributed by atoms with Crippen molar-refractivity contribution in [1.82, 2.24) is 10.2 Å². The lowest BCUT2D eigenvalue weighted by Gasteiger charge is -2.17. The zero-order chi connectivity index (χ0) is 12.7. The van der Waals surface area contributed by atoms with Crippen LogP contribution in [-0.2, 0) is 0 Å². The summed E-state index contributed by atoms with van der Waals surface area (Å²) >= 11 is 0. The molecular weight excluding hydrogens is 208 g/mol. The van der Waals surface area contributed by atoms with Crippen molar-refractivity contribution in [3.63, 3.8) is 0 Å². The summed E-state index contributed by atoms with van der Waals surface area (Å²) in [6, 6.07) is 0. The molecule has 0 aromatic heterocycles. The molecule has 102 valence electrons. The average Bonchev–Trinajstić information content (AvgIpc) is 2.71. The fourth-order valence-electron chi connectivity index (χ4n) is 2.59. The Morgan fingerprint density at radius 2 is 1.94 bits per heavy atom. The average molecular weight is 240 g/mol. The van der Waals surface area contributed by atoms with Gasteiger partial charge >= 0.3 is 0 Å². The molecule has 1 saturated heterocycles. The second kappa shape index (κ2) is 8.10. The van der Waals surface area contributed by atoms with Gasteiger partial charge in [-0.3, -0.25) is 0 Å². The first kappa shape index (κ1) is 15.0. The van der Waals surface area contributed by atoms with E-state index in [-0.39, 0.29) is 0 Å². The first-order valence-corrected chi connectivity index (χ1v) is 7.52. The molecule has 0 bridgehead atoms. The van der Waals surface area contributed by atoms with Crippen LogP contribution in [0.15, 0.2) is 0 Å². The fraction of sp³-hybridized carbons (Fsp3) is 1.00. The topological polar surface area (TPSA) is 15.3 Å². The largest absolute Gasteiger partial charge is 0.316 e. The second-order valence-corrected chi connectivity index (χ2v) is 6.40. The van der Waals surface area contributed by atoms with Crippen LogP contribution in [0, 0.1) is 17.8 Å². The van der Waals surface area contributed by atoms with Crippen LogP contribution < -0.4 is 5.32 Å². The minimum Gasteiger partial charge on any atom is -0.316 e. The summed E-state index contributed by atoms with van der Waals surface area (Å²) in [5, 5.41) is 3.52. The van der Waals surface area contributed by atoms with Crippen LogP contribution in [0.4, 0.5) is 0 Å². The van der Waals surface area contributed by atoms with Crippen LogP contribution in [0.2, 0.25) is 0 Å². The molecule has 1 unspecified atom stereocenters. The standard InChI is InChI=1S/C15H32N2/c1-13(2)11-16-8-5-6-9-17-10-7-15(12-17)14(3)4/h13-16H,5-12H2,1-4H3. The van der Waals surface area contributed by atoms with E-state index in [0.29, 0.717) is 0 Å². The molecule has 2 nitrogen and oxygen atoms in total. The van der Waals surface area contributed by atoms with Crippen LogP contribution in [0.25, 0.3) is 0 Å². The van der Waals surface area contributed by atoms with E-state index in [1.807, 2.05) is 0 Å². The predicted octanol–water partition coefficient (Wildman–Crippen LogP) is 2.99. The number of hydrogen-bond acceptors (Lipinski definition) is 2. The maximum atomic E-state index is 3.52. The highest BCUT2D eigenvalue weighted by Crippen LogP contribution is 2.23. The van der Waals surface area contributed by atoms with Crippen molar-refractivity contribution in [3.8, 4) is 0 Å². The Bertz CT molecular complexity index is 189. The van der Waals surface area contributed by atoms with Crippen molar-refractivity contribution in [2.45, 2.75) is 47.0 Å². The van der Waals surface area contributed by atoms with Crippen molar-refractivity contribution in [1.29, 1.82) is 0 Å². The van der Waals surface area contributed by atoms with Crippen LogP contribution >= 0.6 is 0 Å². The normalized spacial score (nSPS) is 21.9. The molecule has 1 aliphatic heterocycles. The molecule has 1 heterocycles. The number of likely N-dealkylation sites (tertiary alicyclic amines) is 1. The van der Waals surface area contributed by atoms with Gasteiger partial charge in [-0.2, -0.15) is 0 Å². The Morgan fingerprint density at radius 1 is 1.18 bits per heavy atom. The molecule has 0 radical (unpaired) electrons. The maximum absolute atomic E-state index is 3.52. The van der Waals surface area contributed by atoms with E-state index in [2.05, 4.69) is 37.9 Å². The molecule has 0 aromatic rings. The maximum Gasteiger partial charge on any atom is 0.00126 e. The van der Waals surface area contributed by atoms with Crippen molar-refractivity contribution >= 4 is 0 Å². The SMILES string of the molecule is CC(C)CNCCCCN1CCC(C(C)C)C1. The lowest BCUT2D eigenvalue weighted by atomic mass is 9.95. The molecule has 0 aliphatic carbocycles. The van der Waals surface area contributed by atoms with Crippen molar-refractivity contribution in [3.05, 3.63) is 0 Å². The van der Waals surface area contributed by atoms with Crippen molar-refractivity contribution in [2.75, 3.05) is 32.7 Å². The van der Waals surface area contributed by atoms with E-state index < -0.39 is 0 Å². The van der Waals surface area contributed by atoms with E-state index in [4.69, 9.17) is 0 Å². The summed E-state index contributed by atoms with van der Waals surface area (Å²) in [5.41, 5.74) is 0. The number of nitrogens with zero attached hydrogens (tertiary/aromatic N) is 1. The highest BCUT2D eigenvalue weighted by Gasteiger charge is 2.23. The third-order valence-electron chi connectivity index (χ3n) is 3.88. The molecule has 0 amide bonds. The minimum absolute atomic E-state index is 0.778. The zero-order valence-electron chi connectivity index (χ0n) is 12.3. The van der Waals surface area contributed by atoms with E-state index >= 15 is 0 Å². The molecule has 1 atom stereocenters. The molecule has 1 N–H and O–H groups in total. The number of nitrogens with one attached hydrogen (secondary N) is 1. The van der Waals surface area contributed by atoms with Gasteiger partial charge in [-0.25, -0.2) is 0 Å². The Morgan fingerprint density at radius 3 is 2.53 bits per heavy atom. The molecule has 0 saturated carbocycles. The highest BCUT2D eigenvalue weighted by molar-refractivity contribution is 4.77. The summed E-state index contributed by atoms with van der Waals surface area (Å²) in [6.45, 7) is 15.6. The first-order valence-electron chi connectivity index (χ1n) is 7.52. The smallest absolute Gasteiger partial charge is 0.00126 e. The third kappa shape index (κ3) is 6.42. The molecule has 17 heavy (non-hydrogen) atoms. The Hall–Kier alpha value is -0.0800. The first-order chi connectivity index (χ1) is 8.09. The van der Waals surface area contributed by atoms with E-state index in [1.54, 1.807) is 0 Å². The second-order valence-electron chi connectivity index (χ2n) is 6.40. The van der Waals surface area contributed by atoms with Gasteiger partial charge in [0.25, 0.3) is 0 Å². The monoisotopic (exact) mass is 240 g/mol. The van der Waals surface area contributed by atoms with Gasteiger partial charge in [0.15, 0.2) is 0 Å². The van der Waals surface area contributed by atoms with Crippen LogP contribution in [-0.4, -0.2) is 37.6 Å². The van der Waals surface area contributed by atoms with E-state index in [0.717, 1.165) is 17.8 Å². The summed E-state index contributed by atoms with van der Waals surface area (Å²) in [6.07, 6.45) is 4.11. The Labute approximate surface area is 108 Å². The summed E-state index contributed by atoms with van der Waals surface area (Å²) in [5.74, 6) is 2.60. The van der Waals surface area contributed by atoms with Crippen molar-refractivity contribution < 1.29 is 0 Å². The molecule has 1 rings (SSSR count). The van der Waals surface area contributed by atoms with E-state index in [9.17, 15) is 0 Å². The fourth-order valence-corrected chi connectivity index (χ4v) is 2.59. The summed E-state index contributed by atoms with van der Waals surface area (Å²) in [7, 11) is 0. The Kier molecular flexibility index (Phi) is 7.14. The summed E-state index contributed by atoms with van der Waals surface area (Å²) < 4.78 is 0. The van der Waals surface area contributed by atoms with Gasteiger partial charge in [0.2, 0.25) is 0 Å². The minimum atomic E-state index is 0.778. The molecule has 2 heteroatoms. The molecular formula is C15H32N2. The number of unbranched alkanes of at least 4 members (excludes halogenated alkanes) is 1. The Balaban J connectivity index is 1.94. The van der Waals surface area contributed by atoms with Gasteiger partial charge in [-0.1, -0.05) is 27.7 Å². The van der Waals surface area contributed by atoms with Gasteiger partial charge < -0.3 is 10.2 Å². The molecule has 0 spiro atoms. The van der Waals surface area contributed by atoms with Gasteiger partial charge in [0.1, 0.15) is 0 Å². The van der Waals surface area contributed by atoms with Crippen LogP contribution in [0.1, 0.15) is 47.0 Å². The van der Waals surface area contributed by atoms with Crippen LogP contribution in [0.3, 0.4) is 0 Å². The van der Waals surface area contributed by atoms with Gasteiger partial charge in [0.05, 0.1) is 0 Å².